The minimum atomic E-state index is -0.849. The first-order chi connectivity index (χ1) is 12.1. The van der Waals surface area contributed by atoms with Crippen LogP contribution in [-0.2, 0) is 27.2 Å². The predicted octanol–water partition coefficient (Wildman–Crippen LogP) is 2.29. The Labute approximate surface area is 144 Å². The Morgan fingerprint density at radius 3 is 2.80 bits per heavy atom. The van der Waals surface area contributed by atoms with Crippen LogP contribution in [0.15, 0.2) is 42.5 Å². The monoisotopic (exact) mass is 336 g/mol. The molecule has 0 aromatic heterocycles. The Hall–Kier alpha value is -3.15. The molecule has 2 aromatic carbocycles. The van der Waals surface area contributed by atoms with Gasteiger partial charge in [0, 0.05) is 24.2 Å². The normalized spacial score (nSPS) is 18.5. The molecule has 0 saturated carbocycles. The number of benzene rings is 2. The number of amides is 2. The van der Waals surface area contributed by atoms with Crippen LogP contribution in [0.2, 0.25) is 0 Å². The molecule has 0 unspecified atom stereocenters. The average Bonchev–Trinajstić information content (AvgIpc) is 2.62. The van der Waals surface area contributed by atoms with Gasteiger partial charge in [0.15, 0.2) is 6.10 Å². The highest BCUT2D eigenvalue weighted by molar-refractivity contribution is 6.00. The Morgan fingerprint density at radius 2 is 1.92 bits per heavy atom. The van der Waals surface area contributed by atoms with Crippen molar-refractivity contribution in [1.29, 1.82) is 0 Å². The lowest BCUT2D eigenvalue weighted by molar-refractivity contribution is -0.125. The summed E-state index contributed by atoms with van der Waals surface area (Å²) >= 11 is 0. The predicted molar refractivity (Wildman–Crippen MR) is 91.4 cm³/mol. The second-order valence-corrected chi connectivity index (χ2v) is 6.16. The van der Waals surface area contributed by atoms with Crippen LogP contribution in [0.3, 0.4) is 0 Å². The lowest BCUT2D eigenvalue weighted by Gasteiger charge is -2.24. The highest BCUT2D eigenvalue weighted by Gasteiger charge is 2.31. The smallest absolute Gasteiger partial charge is 0.339 e. The second kappa shape index (κ2) is 6.05. The van der Waals surface area contributed by atoms with Crippen molar-refractivity contribution in [3.8, 4) is 0 Å². The Morgan fingerprint density at radius 1 is 1.08 bits per heavy atom. The SMILES string of the molecule is O=C1CCc2cc(NC(=O)[C@@H]3Cc4ccccc4C(=O)O3)ccc2N1. The number of carbonyl (C=O) groups is 3. The van der Waals surface area contributed by atoms with E-state index in [2.05, 4.69) is 10.6 Å². The summed E-state index contributed by atoms with van der Waals surface area (Å²) in [7, 11) is 0. The van der Waals surface area contributed by atoms with Gasteiger partial charge in [-0.15, -0.1) is 0 Å². The van der Waals surface area contributed by atoms with Gasteiger partial charge >= 0.3 is 5.97 Å². The maximum absolute atomic E-state index is 12.5. The third-order valence-corrected chi connectivity index (χ3v) is 4.45. The van der Waals surface area contributed by atoms with Crippen molar-refractivity contribution >= 4 is 29.2 Å². The number of anilines is 2. The molecule has 2 aliphatic heterocycles. The molecule has 1 atom stereocenters. The van der Waals surface area contributed by atoms with E-state index in [1.165, 1.54) is 0 Å². The number of nitrogens with one attached hydrogen (secondary N) is 2. The molecule has 126 valence electrons. The molecule has 2 heterocycles. The highest BCUT2D eigenvalue weighted by atomic mass is 16.5. The van der Waals surface area contributed by atoms with Gasteiger partial charge in [0.25, 0.3) is 5.91 Å². The summed E-state index contributed by atoms with van der Waals surface area (Å²) in [5.74, 6) is -0.838. The summed E-state index contributed by atoms with van der Waals surface area (Å²) in [5.41, 5.74) is 3.69. The average molecular weight is 336 g/mol. The van der Waals surface area contributed by atoms with Gasteiger partial charge in [-0.25, -0.2) is 4.79 Å². The largest absolute Gasteiger partial charge is 0.448 e. The van der Waals surface area contributed by atoms with Gasteiger partial charge in [0.05, 0.1) is 5.56 Å². The summed E-state index contributed by atoms with van der Waals surface area (Å²) in [6.07, 6.45) is 0.574. The van der Waals surface area contributed by atoms with E-state index in [9.17, 15) is 14.4 Å². The maximum atomic E-state index is 12.5. The first-order valence-electron chi connectivity index (χ1n) is 8.13. The van der Waals surface area contributed by atoms with Crippen molar-refractivity contribution in [3.05, 3.63) is 59.2 Å². The third kappa shape index (κ3) is 2.98. The van der Waals surface area contributed by atoms with Crippen LogP contribution in [0.5, 0.6) is 0 Å². The number of ether oxygens (including phenoxy) is 1. The Bertz CT molecular complexity index is 891. The zero-order valence-electron chi connectivity index (χ0n) is 13.4. The molecule has 0 saturated heterocycles. The molecule has 0 fully saturated rings. The molecular formula is C19H16N2O4. The Kier molecular flexibility index (Phi) is 3.72. The molecule has 0 bridgehead atoms. The number of hydrogen-bond donors (Lipinski definition) is 2. The fraction of sp³-hybridized carbons (Fsp3) is 0.211. The van der Waals surface area contributed by atoms with Crippen molar-refractivity contribution in [2.75, 3.05) is 10.6 Å². The van der Waals surface area contributed by atoms with Gasteiger partial charge in [0.1, 0.15) is 0 Å². The van der Waals surface area contributed by atoms with Crippen LogP contribution < -0.4 is 10.6 Å². The van der Waals surface area contributed by atoms with Crippen LogP contribution in [0.25, 0.3) is 0 Å². The number of rotatable bonds is 2. The number of carbonyl (C=O) groups excluding carboxylic acids is 3. The van der Waals surface area contributed by atoms with Crippen LogP contribution in [0.1, 0.15) is 27.9 Å². The minimum Gasteiger partial charge on any atom is -0.448 e. The van der Waals surface area contributed by atoms with Crippen molar-refractivity contribution in [1.82, 2.24) is 0 Å². The molecule has 6 heteroatoms. The van der Waals surface area contributed by atoms with Gasteiger partial charge in [-0.2, -0.15) is 0 Å². The van der Waals surface area contributed by atoms with Crippen molar-refractivity contribution in [3.63, 3.8) is 0 Å². The quantitative estimate of drug-likeness (QED) is 0.824. The third-order valence-electron chi connectivity index (χ3n) is 4.45. The zero-order chi connectivity index (χ0) is 17.4. The molecule has 0 aliphatic carbocycles. The zero-order valence-corrected chi connectivity index (χ0v) is 13.4. The van der Waals surface area contributed by atoms with E-state index >= 15 is 0 Å². The highest BCUT2D eigenvalue weighted by Crippen LogP contribution is 2.26. The lowest BCUT2D eigenvalue weighted by Crippen LogP contribution is -2.38. The van der Waals surface area contributed by atoms with Gasteiger partial charge in [-0.1, -0.05) is 18.2 Å². The summed E-state index contributed by atoms with van der Waals surface area (Å²) < 4.78 is 5.27. The van der Waals surface area contributed by atoms with Crippen LogP contribution in [0, 0.1) is 0 Å². The van der Waals surface area contributed by atoms with Gasteiger partial charge < -0.3 is 15.4 Å². The van der Waals surface area contributed by atoms with Crippen molar-refractivity contribution in [2.45, 2.75) is 25.4 Å². The maximum Gasteiger partial charge on any atom is 0.339 e. The molecule has 6 nitrogen and oxygen atoms in total. The van der Waals surface area contributed by atoms with Gasteiger partial charge in [0.2, 0.25) is 5.91 Å². The van der Waals surface area contributed by atoms with E-state index in [-0.39, 0.29) is 11.8 Å². The molecule has 2 aromatic rings. The van der Waals surface area contributed by atoms with E-state index < -0.39 is 12.1 Å². The van der Waals surface area contributed by atoms with Crippen molar-refractivity contribution in [2.24, 2.45) is 0 Å². The molecule has 2 amide bonds. The minimum absolute atomic E-state index is 0.00271. The van der Waals surface area contributed by atoms with Gasteiger partial charge in [-0.05, 0) is 41.8 Å². The number of fused-ring (bicyclic) bond motifs is 2. The molecule has 2 aliphatic rings. The fourth-order valence-corrected chi connectivity index (χ4v) is 3.16. The molecule has 0 spiro atoms. The molecule has 4 rings (SSSR count). The summed E-state index contributed by atoms with van der Waals surface area (Å²) in [6, 6.07) is 12.5. The first-order valence-corrected chi connectivity index (χ1v) is 8.13. The fourth-order valence-electron chi connectivity index (χ4n) is 3.16. The standard InChI is InChI=1S/C19H16N2O4/c22-17-8-5-12-9-13(6-7-15(12)21-17)20-18(23)16-10-11-3-1-2-4-14(11)19(24)25-16/h1-4,6-7,9,16H,5,8,10H2,(H,20,23)(H,21,22)/t16-/m0/s1. The van der Waals surface area contributed by atoms with E-state index in [0.29, 0.717) is 30.5 Å². The number of esters is 1. The number of hydrogen-bond acceptors (Lipinski definition) is 4. The summed E-state index contributed by atoms with van der Waals surface area (Å²) in [6.45, 7) is 0. The van der Waals surface area contributed by atoms with E-state index in [4.69, 9.17) is 4.74 Å². The van der Waals surface area contributed by atoms with Gasteiger partial charge in [-0.3, -0.25) is 9.59 Å². The molecular weight excluding hydrogens is 320 g/mol. The van der Waals surface area contributed by atoms with E-state index in [1.807, 2.05) is 18.2 Å². The van der Waals surface area contributed by atoms with E-state index in [1.54, 1.807) is 24.3 Å². The lowest BCUT2D eigenvalue weighted by atomic mass is 9.98. The van der Waals surface area contributed by atoms with Crippen LogP contribution in [0.4, 0.5) is 11.4 Å². The number of cyclic esters (lactones) is 1. The molecule has 2 N–H and O–H groups in total. The molecule has 25 heavy (non-hydrogen) atoms. The summed E-state index contributed by atoms with van der Waals surface area (Å²) in [4.78, 5) is 35.9. The first kappa shape index (κ1) is 15.4. The Balaban J connectivity index is 1.50. The summed E-state index contributed by atoms with van der Waals surface area (Å²) in [5, 5.41) is 5.60. The van der Waals surface area contributed by atoms with Crippen LogP contribution in [-0.4, -0.2) is 23.9 Å². The number of aryl methyl sites for hydroxylation is 1. The second-order valence-electron chi connectivity index (χ2n) is 6.16. The van der Waals surface area contributed by atoms with Crippen LogP contribution >= 0.6 is 0 Å². The topological polar surface area (TPSA) is 84.5 Å². The molecule has 0 radical (unpaired) electrons. The van der Waals surface area contributed by atoms with Crippen molar-refractivity contribution < 1.29 is 19.1 Å². The van der Waals surface area contributed by atoms with E-state index in [0.717, 1.165) is 16.8 Å².